The van der Waals surface area contributed by atoms with Crippen molar-refractivity contribution in [2.45, 2.75) is 39.0 Å². The first kappa shape index (κ1) is 16.4. The van der Waals surface area contributed by atoms with Crippen molar-refractivity contribution in [1.82, 2.24) is 15.2 Å². The van der Waals surface area contributed by atoms with Gasteiger partial charge in [0.25, 0.3) is 0 Å². The number of carbonyl (C=O) groups is 1. The van der Waals surface area contributed by atoms with Crippen LogP contribution >= 0.6 is 11.3 Å². The van der Waals surface area contributed by atoms with Gasteiger partial charge in [-0.1, -0.05) is 0 Å². The van der Waals surface area contributed by atoms with Gasteiger partial charge in [-0.05, 0) is 20.3 Å². The van der Waals surface area contributed by atoms with Gasteiger partial charge in [0.1, 0.15) is 6.61 Å². The number of hydrogen-bond acceptors (Lipinski definition) is 6. The predicted molar refractivity (Wildman–Crippen MR) is 81.2 cm³/mol. The number of aliphatic hydroxyl groups is 1. The van der Waals surface area contributed by atoms with E-state index in [0.717, 1.165) is 30.2 Å². The van der Waals surface area contributed by atoms with Crippen LogP contribution in [0.15, 0.2) is 5.38 Å². The number of piperidine rings is 1. The van der Waals surface area contributed by atoms with E-state index in [1.54, 1.807) is 11.3 Å². The first-order chi connectivity index (χ1) is 10.1. The summed E-state index contributed by atoms with van der Waals surface area (Å²) in [5.74, 6) is -0.163. The molecule has 0 bridgehead atoms. The molecule has 1 fully saturated rings. The SMILES string of the molecule is CCOCC(=O)N[C@@H]1CCN(Cc2csc(C)n2)C[C@H]1O. The van der Waals surface area contributed by atoms with E-state index in [1.165, 1.54) is 0 Å². The fraction of sp³-hybridized carbons (Fsp3) is 0.714. The molecule has 2 heterocycles. The van der Waals surface area contributed by atoms with Gasteiger partial charge in [0.2, 0.25) is 5.91 Å². The lowest BCUT2D eigenvalue weighted by Crippen LogP contribution is -2.54. The number of carbonyl (C=O) groups excluding carboxylic acids is 1. The van der Waals surface area contributed by atoms with Gasteiger partial charge in [0.15, 0.2) is 0 Å². The molecule has 2 atom stereocenters. The molecule has 118 valence electrons. The van der Waals surface area contributed by atoms with Crippen molar-refractivity contribution in [2.75, 3.05) is 26.3 Å². The molecule has 1 aliphatic rings. The molecule has 1 aromatic heterocycles. The van der Waals surface area contributed by atoms with E-state index in [2.05, 4.69) is 20.6 Å². The Hall–Kier alpha value is -1.02. The summed E-state index contributed by atoms with van der Waals surface area (Å²) in [4.78, 5) is 18.2. The van der Waals surface area contributed by atoms with E-state index in [1.807, 2.05) is 13.8 Å². The molecule has 2 rings (SSSR count). The van der Waals surface area contributed by atoms with Crippen LogP contribution < -0.4 is 5.32 Å². The topological polar surface area (TPSA) is 74.7 Å². The second-order valence-corrected chi connectivity index (χ2v) is 6.32. The maximum atomic E-state index is 11.6. The van der Waals surface area contributed by atoms with Crippen molar-refractivity contribution in [3.8, 4) is 0 Å². The number of β-amino-alcohol motifs (C(OH)–C–C–N with tert-alkyl or cyclic N) is 1. The lowest BCUT2D eigenvalue weighted by molar-refractivity contribution is -0.127. The lowest BCUT2D eigenvalue weighted by Gasteiger charge is -2.35. The number of amides is 1. The maximum Gasteiger partial charge on any atom is 0.246 e. The summed E-state index contributed by atoms with van der Waals surface area (Å²) >= 11 is 1.64. The average Bonchev–Trinajstić information content (AvgIpc) is 2.85. The third kappa shape index (κ3) is 5.03. The van der Waals surface area contributed by atoms with Crippen molar-refractivity contribution in [2.24, 2.45) is 0 Å². The summed E-state index contributed by atoms with van der Waals surface area (Å²) in [6.45, 7) is 6.55. The van der Waals surface area contributed by atoms with Crippen LogP contribution in [0.1, 0.15) is 24.0 Å². The van der Waals surface area contributed by atoms with Crippen molar-refractivity contribution in [1.29, 1.82) is 0 Å². The van der Waals surface area contributed by atoms with Crippen LogP contribution in [0, 0.1) is 6.92 Å². The van der Waals surface area contributed by atoms with Crippen LogP contribution in [0.3, 0.4) is 0 Å². The quantitative estimate of drug-likeness (QED) is 0.802. The molecule has 0 aromatic carbocycles. The smallest absolute Gasteiger partial charge is 0.246 e. The molecule has 6 nitrogen and oxygen atoms in total. The van der Waals surface area contributed by atoms with Gasteiger partial charge in [-0.25, -0.2) is 4.98 Å². The third-order valence-corrected chi connectivity index (χ3v) is 4.32. The molecule has 0 spiro atoms. The van der Waals surface area contributed by atoms with Crippen LogP contribution in [-0.2, 0) is 16.1 Å². The molecular formula is C14H23N3O3S. The van der Waals surface area contributed by atoms with E-state index < -0.39 is 6.10 Å². The van der Waals surface area contributed by atoms with Crippen LogP contribution in [0.5, 0.6) is 0 Å². The highest BCUT2D eigenvalue weighted by molar-refractivity contribution is 7.09. The number of hydrogen-bond donors (Lipinski definition) is 2. The molecule has 0 aliphatic carbocycles. The Kier molecular flexibility index (Phi) is 6.10. The van der Waals surface area contributed by atoms with Gasteiger partial charge < -0.3 is 15.2 Å². The van der Waals surface area contributed by atoms with E-state index in [4.69, 9.17) is 4.74 Å². The number of aromatic nitrogens is 1. The summed E-state index contributed by atoms with van der Waals surface area (Å²) < 4.78 is 5.06. The molecule has 1 aromatic rings. The highest BCUT2D eigenvalue weighted by atomic mass is 32.1. The molecule has 0 saturated carbocycles. The minimum Gasteiger partial charge on any atom is -0.390 e. The Morgan fingerprint density at radius 3 is 3.10 bits per heavy atom. The number of ether oxygens (including phenoxy) is 1. The fourth-order valence-electron chi connectivity index (χ4n) is 2.46. The van der Waals surface area contributed by atoms with Gasteiger partial charge in [-0.2, -0.15) is 0 Å². The Balaban J connectivity index is 1.77. The summed E-state index contributed by atoms with van der Waals surface area (Å²) in [5, 5.41) is 16.1. The number of likely N-dealkylation sites (tertiary alicyclic amines) is 1. The Morgan fingerprint density at radius 2 is 2.48 bits per heavy atom. The van der Waals surface area contributed by atoms with Gasteiger partial charge in [-0.15, -0.1) is 11.3 Å². The normalized spacial score (nSPS) is 23.2. The Labute approximate surface area is 129 Å². The van der Waals surface area contributed by atoms with Gasteiger partial charge in [0.05, 0.1) is 22.8 Å². The summed E-state index contributed by atoms with van der Waals surface area (Å²) in [6, 6.07) is -0.189. The highest BCUT2D eigenvalue weighted by Crippen LogP contribution is 2.16. The molecule has 0 radical (unpaired) electrons. The van der Waals surface area contributed by atoms with Crippen molar-refractivity contribution in [3.63, 3.8) is 0 Å². The minimum atomic E-state index is -0.552. The van der Waals surface area contributed by atoms with Crippen LogP contribution in [0.4, 0.5) is 0 Å². The number of thiazole rings is 1. The van der Waals surface area contributed by atoms with Crippen LogP contribution in [0.2, 0.25) is 0 Å². The van der Waals surface area contributed by atoms with E-state index in [9.17, 15) is 9.90 Å². The van der Waals surface area contributed by atoms with Crippen molar-refractivity contribution >= 4 is 17.2 Å². The number of nitrogens with zero attached hydrogens (tertiary/aromatic N) is 2. The van der Waals surface area contributed by atoms with Gasteiger partial charge in [-0.3, -0.25) is 9.69 Å². The fourth-order valence-corrected chi connectivity index (χ4v) is 3.07. The minimum absolute atomic E-state index is 0.0571. The number of aryl methyl sites for hydroxylation is 1. The molecule has 1 amide bonds. The molecule has 2 N–H and O–H groups in total. The van der Waals surface area contributed by atoms with E-state index >= 15 is 0 Å². The van der Waals surface area contributed by atoms with Gasteiger partial charge in [0, 0.05) is 31.6 Å². The second-order valence-electron chi connectivity index (χ2n) is 5.26. The number of rotatable bonds is 6. The molecular weight excluding hydrogens is 290 g/mol. The molecule has 0 unspecified atom stereocenters. The maximum absolute atomic E-state index is 11.6. The zero-order valence-corrected chi connectivity index (χ0v) is 13.4. The molecule has 21 heavy (non-hydrogen) atoms. The number of aliphatic hydroxyl groups excluding tert-OH is 1. The zero-order valence-electron chi connectivity index (χ0n) is 12.5. The van der Waals surface area contributed by atoms with E-state index in [0.29, 0.717) is 13.2 Å². The molecule has 1 saturated heterocycles. The molecule has 1 aliphatic heterocycles. The Bertz CT molecular complexity index is 466. The van der Waals surface area contributed by atoms with Crippen LogP contribution in [0.25, 0.3) is 0 Å². The average molecular weight is 313 g/mol. The van der Waals surface area contributed by atoms with Crippen LogP contribution in [-0.4, -0.2) is 59.3 Å². The zero-order chi connectivity index (χ0) is 15.2. The Morgan fingerprint density at radius 1 is 1.67 bits per heavy atom. The lowest BCUT2D eigenvalue weighted by atomic mass is 10.0. The monoisotopic (exact) mass is 313 g/mol. The summed E-state index contributed by atoms with van der Waals surface area (Å²) in [7, 11) is 0. The number of nitrogens with one attached hydrogen (secondary N) is 1. The molecule has 7 heteroatoms. The first-order valence-corrected chi connectivity index (χ1v) is 8.15. The first-order valence-electron chi connectivity index (χ1n) is 7.27. The predicted octanol–water partition coefficient (Wildman–Crippen LogP) is 0.539. The van der Waals surface area contributed by atoms with Crippen molar-refractivity contribution < 1.29 is 14.6 Å². The standard InChI is InChI=1S/C14H23N3O3S/c1-3-20-8-14(19)16-12-4-5-17(7-13(12)18)6-11-9-21-10(2)15-11/h9,12-13,18H,3-8H2,1-2H3,(H,16,19)/t12-,13-/m1/s1. The largest absolute Gasteiger partial charge is 0.390 e. The van der Waals surface area contributed by atoms with E-state index in [-0.39, 0.29) is 18.6 Å². The highest BCUT2D eigenvalue weighted by Gasteiger charge is 2.29. The third-order valence-electron chi connectivity index (χ3n) is 3.50. The van der Waals surface area contributed by atoms with Crippen molar-refractivity contribution in [3.05, 3.63) is 16.1 Å². The second kappa shape index (κ2) is 7.84. The van der Waals surface area contributed by atoms with Gasteiger partial charge >= 0.3 is 0 Å². The summed E-state index contributed by atoms with van der Waals surface area (Å²) in [5.41, 5.74) is 1.04. The summed E-state index contributed by atoms with van der Waals surface area (Å²) in [6.07, 6.45) is 0.186.